The Morgan fingerprint density at radius 2 is 2.00 bits per heavy atom. The Morgan fingerprint density at radius 1 is 1.30 bits per heavy atom. The summed E-state index contributed by atoms with van der Waals surface area (Å²) in [7, 11) is 1.22. The summed E-state index contributed by atoms with van der Waals surface area (Å²) < 4.78 is 9.85. The molecule has 0 aliphatic heterocycles. The van der Waals surface area contributed by atoms with Gasteiger partial charge in [-0.05, 0) is 19.1 Å². The summed E-state index contributed by atoms with van der Waals surface area (Å²) in [5.74, 6) is -1.38. The number of para-hydroxylation sites is 1. The van der Waals surface area contributed by atoms with Gasteiger partial charge in [-0.25, -0.2) is 4.79 Å². The molecule has 0 saturated carbocycles. The number of carbonyl (C=O) groups is 2. The second-order valence-electron chi connectivity index (χ2n) is 4.19. The van der Waals surface area contributed by atoms with Gasteiger partial charge >= 0.3 is 5.97 Å². The number of benzene rings is 1. The average Bonchev–Trinajstić information content (AvgIpc) is 2.46. The largest absolute Gasteiger partial charge is 0.467 e. The minimum absolute atomic E-state index is 0.149. The molecular weight excluding hydrogens is 262 g/mol. The van der Waals surface area contributed by atoms with Gasteiger partial charge in [-0.15, -0.1) is 0 Å². The summed E-state index contributed by atoms with van der Waals surface area (Å²) in [6.45, 7) is 1.48. The van der Waals surface area contributed by atoms with Gasteiger partial charge in [0.2, 0.25) is 0 Å². The maximum Gasteiger partial charge on any atom is 0.328 e. The summed E-state index contributed by atoms with van der Waals surface area (Å²) in [5.41, 5.74) is -0.00130. The summed E-state index contributed by atoms with van der Waals surface area (Å²) in [4.78, 5) is 35.0. The first-order chi connectivity index (χ1) is 9.52. The van der Waals surface area contributed by atoms with Gasteiger partial charge in [0.15, 0.2) is 11.2 Å². The fourth-order valence-electron chi connectivity index (χ4n) is 1.72. The van der Waals surface area contributed by atoms with Gasteiger partial charge < -0.3 is 14.5 Å². The van der Waals surface area contributed by atoms with Crippen LogP contribution in [0.25, 0.3) is 11.0 Å². The summed E-state index contributed by atoms with van der Waals surface area (Å²) >= 11 is 0. The van der Waals surface area contributed by atoms with Crippen LogP contribution < -0.4 is 10.7 Å². The van der Waals surface area contributed by atoms with E-state index in [9.17, 15) is 14.4 Å². The molecule has 0 spiro atoms. The zero-order chi connectivity index (χ0) is 14.7. The Bertz CT molecular complexity index is 719. The highest BCUT2D eigenvalue weighted by atomic mass is 16.5. The normalized spacial score (nSPS) is 11.9. The van der Waals surface area contributed by atoms with E-state index in [0.29, 0.717) is 11.0 Å². The van der Waals surface area contributed by atoms with Crippen molar-refractivity contribution in [3.05, 3.63) is 46.3 Å². The van der Waals surface area contributed by atoms with Crippen molar-refractivity contribution in [1.82, 2.24) is 5.32 Å². The van der Waals surface area contributed by atoms with Gasteiger partial charge in [0.05, 0.1) is 12.5 Å². The van der Waals surface area contributed by atoms with Crippen LogP contribution in [0.1, 0.15) is 17.5 Å². The number of methoxy groups -OCH3 is 1. The number of rotatable bonds is 3. The third-order valence-corrected chi connectivity index (χ3v) is 2.76. The highest BCUT2D eigenvalue weighted by Crippen LogP contribution is 2.11. The molecular formula is C14H13NO5. The second-order valence-corrected chi connectivity index (χ2v) is 4.19. The number of ether oxygens (including phenoxy) is 1. The number of hydrogen-bond donors (Lipinski definition) is 1. The van der Waals surface area contributed by atoms with Crippen LogP contribution in [0.3, 0.4) is 0 Å². The van der Waals surface area contributed by atoms with Crippen molar-refractivity contribution in [3.8, 4) is 0 Å². The number of amides is 1. The molecule has 0 saturated heterocycles. The average molecular weight is 275 g/mol. The standard InChI is InChI=1S/C14H13NO5/c1-8(14(18)19-2)15-13(17)12-7-10(16)9-5-3-4-6-11(9)20-12/h3-8H,1-2H3,(H,15,17)/t8-/m1/s1. The second kappa shape index (κ2) is 5.56. The van der Waals surface area contributed by atoms with E-state index < -0.39 is 17.9 Å². The van der Waals surface area contributed by atoms with E-state index in [1.807, 2.05) is 0 Å². The molecule has 20 heavy (non-hydrogen) atoms. The van der Waals surface area contributed by atoms with Gasteiger partial charge in [-0.2, -0.15) is 0 Å². The number of carbonyl (C=O) groups excluding carboxylic acids is 2. The van der Waals surface area contributed by atoms with Gasteiger partial charge in [0.1, 0.15) is 11.6 Å². The Hall–Kier alpha value is -2.63. The molecule has 1 heterocycles. The monoisotopic (exact) mass is 275 g/mol. The van der Waals surface area contributed by atoms with Crippen LogP contribution in [0.15, 0.2) is 39.5 Å². The van der Waals surface area contributed by atoms with Gasteiger partial charge in [0, 0.05) is 6.07 Å². The van der Waals surface area contributed by atoms with E-state index in [1.165, 1.54) is 14.0 Å². The van der Waals surface area contributed by atoms with Crippen molar-refractivity contribution < 1.29 is 18.7 Å². The van der Waals surface area contributed by atoms with Crippen molar-refractivity contribution in [1.29, 1.82) is 0 Å². The lowest BCUT2D eigenvalue weighted by atomic mass is 10.2. The minimum Gasteiger partial charge on any atom is -0.467 e. The minimum atomic E-state index is -0.829. The summed E-state index contributed by atoms with van der Waals surface area (Å²) in [5, 5.41) is 2.79. The third kappa shape index (κ3) is 2.69. The molecule has 0 aliphatic carbocycles. The van der Waals surface area contributed by atoms with Crippen molar-refractivity contribution in [2.45, 2.75) is 13.0 Å². The first-order valence-corrected chi connectivity index (χ1v) is 5.94. The molecule has 6 heteroatoms. The predicted octanol–water partition coefficient (Wildman–Crippen LogP) is 1.08. The fourth-order valence-corrected chi connectivity index (χ4v) is 1.72. The van der Waals surface area contributed by atoms with Crippen molar-refractivity contribution in [2.24, 2.45) is 0 Å². The molecule has 0 fully saturated rings. The lowest BCUT2D eigenvalue weighted by Gasteiger charge is -2.10. The van der Waals surface area contributed by atoms with Gasteiger partial charge in [0.25, 0.3) is 5.91 Å². The molecule has 1 amide bonds. The highest BCUT2D eigenvalue weighted by molar-refractivity contribution is 5.95. The van der Waals surface area contributed by atoms with E-state index in [4.69, 9.17) is 4.42 Å². The van der Waals surface area contributed by atoms with E-state index in [2.05, 4.69) is 10.1 Å². The zero-order valence-electron chi connectivity index (χ0n) is 11.0. The maximum absolute atomic E-state index is 11.9. The molecule has 1 atom stereocenters. The number of hydrogen-bond acceptors (Lipinski definition) is 5. The van der Waals surface area contributed by atoms with E-state index in [0.717, 1.165) is 6.07 Å². The van der Waals surface area contributed by atoms with Crippen molar-refractivity contribution >= 4 is 22.8 Å². The molecule has 2 rings (SSSR count). The highest BCUT2D eigenvalue weighted by Gasteiger charge is 2.19. The van der Waals surface area contributed by atoms with E-state index in [-0.39, 0.29) is 11.2 Å². The van der Waals surface area contributed by atoms with Crippen molar-refractivity contribution in [3.63, 3.8) is 0 Å². The maximum atomic E-state index is 11.9. The Kier molecular flexibility index (Phi) is 3.84. The molecule has 1 aromatic heterocycles. The van der Waals surface area contributed by atoms with Gasteiger partial charge in [-0.3, -0.25) is 9.59 Å². The first-order valence-electron chi connectivity index (χ1n) is 5.94. The molecule has 0 bridgehead atoms. The van der Waals surface area contributed by atoms with E-state index in [1.54, 1.807) is 24.3 Å². The Morgan fingerprint density at radius 3 is 2.70 bits per heavy atom. The van der Waals surface area contributed by atoms with Crippen LogP contribution in [0.5, 0.6) is 0 Å². The Balaban J connectivity index is 2.31. The Labute approximate surface area is 114 Å². The molecule has 1 N–H and O–H groups in total. The molecule has 0 radical (unpaired) electrons. The number of fused-ring (bicyclic) bond motifs is 1. The molecule has 104 valence electrons. The summed E-state index contributed by atoms with van der Waals surface area (Å²) in [6.07, 6.45) is 0. The third-order valence-electron chi connectivity index (χ3n) is 2.76. The molecule has 1 aromatic carbocycles. The SMILES string of the molecule is COC(=O)[C@@H](C)NC(=O)c1cc(=O)c2ccccc2o1. The van der Waals surface area contributed by atoms with Crippen LogP contribution >= 0.6 is 0 Å². The zero-order valence-corrected chi connectivity index (χ0v) is 11.0. The van der Waals surface area contributed by atoms with Crippen LogP contribution in [0.2, 0.25) is 0 Å². The molecule has 0 aliphatic rings. The van der Waals surface area contributed by atoms with Crippen LogP contribution in [-0.2, 0) is 9.53 Å². The molecule has 0 unspecified atom stereocenters. The lowest BCUT2D eigenvalue weighted by molar-refractivity contribution is -0.142. The van der Waals surface area contributed by atoms with Crippen molar-refractivity contribution in [2.75, 3.05) is 7.11 Å². The lowest BCUT2D eigenvalue weighted by Crippen LogP contribution is -2.39. The van der Waals surface area contributed by atoms with Crippen LogP contribution in [0.4, 0.5) is 0 Å². The molecule has 2 aromatic rings. The van der Waals surface area contributed by atoms with Crippen LogP contribution in [-0.4, -0.2) is 25.0 Å². The number of esters is 1. The topological polar surface area (TPSA) is 85.6 Å². The predicted molar refractivity (Wildman–Crippen MR) is 71.4 cm³/mol. The molecule has 6 nitrogen and oxygen atoms in total. The smallest absolute Gasteiger partial charge is 0.328 e. The quantitative estimate of drug-likeness (QED) is 0.847. The van der Waals surface area contributed by atoms with Crippen LogP contribution in [0, 0.1) is 0 Å². The fraction of sp³-hybridized carbons (Fsp3) is 0.214. The summed E-state index contributed by atoms with van der Waals surface area (Å²) in [6, 6.07) is 6.88. The van der Waals surface area contributed by atoms with E-state index >= 15 is 0 Å². The van der Waals surface area contributed by atoms with Gasteiger partial charge in [-0.1, -0.05) is 12.1 Å². The number of nitrogens with one attached hydrogen (secondary N) is 1. The first kappa shape index (κ1) is 13.8.